The number of guanidine groups is 1. The number of aromatic nitrogens is 3. The van der Waals surface area contributed by atoms with Crippen LogP contribution in [0.4, 0.5) is 0 Å². The first-order valence-electron chi connectivity index (χ1n) is 10.6. The van der Waals surface area contributed by atoms with E-state index in [1.165, 1.54) is 23.3 Å². The quantitative estimate of drug-likeness (QED) is 0.409. The number of benzene rings is 1. The van der Waals surface area contributed by atoms with E-state index in [2.05, 4.69) is 68.7 Å². The number of aryl methyl sites for hydroxylation is 1. The van der Waals surface area contributed by atoms with E-state index >= 15 is 0 Å². The molecule has 0 bridgehead atoms. The highest BCUT2D eigenvalue weighted by molar-refractivity contribution is 7.09. The van der Waals surface area contributed by atoms with Gasteiger partial charge in [0.1, 0.15) is 12.4 Å². The van der Waals surface area contributed by atoms with Crippen molar-refractivity contribution in [2.24, 2.45) is 17.5 Å². The van der Waals surface area contributed by atoms with Gasteiger partial charge in [0.15, 0.2) is 11.8 Å². The van der Waals surface area contributed by atoms with E-state index in [-0.39, 0.29) is 0 Å². The van der Waals surface area contributed by atoms with Crippen molar-refractivity contribution >= 4 is 17.3 Å². The lowest BCUT2D eigenvalue weighted by Crippen LogP contribution is -2.41. The molecule has 4 rings (SSSR count). The van der Waals surface area contributed by atoms with Crippen LogP contribution in [0.3, 0.4) is 0 Å². The van der Waals surface area contributed by atoms with Crippen molar-refractivity contribution < 1.29 is 0 Å². The first-order chi connectivity index (χ1) is 14.6. The molecule has 3 aromatic rings. The summed E-state index contributed by atoms with van der Waals surface area (Å²) in [5.74, 6) is 2.63. The SMILES string of the molecule is Cc1nnc(CN=C(NCCc2cccs2)NCC2(Cc3ccccc3)CC2)n1C. The standard InChI is InChI=1S/C23H30N6S/c1-18-27-28-21(29(18)2)16-25-22(24-13-10-20-9-6-14-30-20)26-17-23(11-12-23)15-19-7-4-3-5-8-19/h3-9,14H,10-13,15-17H2,1-2H3,(H2,24,25,26). The van der Waals surface area contributed by atoms with E-state index in [1.807, 2.05) is 18.5 Å². The molecule has 0 saturated heterocycles. The van der Waals surface area contributed by atoms with Crippen molar-refractivity contribution in [1.82, 2.24) is 25.4 Å². The second-order valence-electron chi connectivity index (χ2n) is 8.16. The fourth-order valence-electron chi connectivity index (χ4n) is 3.56. The lowest BCUT2D eigenvalue weighted by molar-refractivity contribution is 0.492. The molecule has 0 radical (unpaired) electrons. The molecule has 0 amide bonds. The molecule has 0 unspecified atom stereocenters. The Hall–Kier alpha value is -2.67. The zero-order valence-corrected chi connectivity index (χ0v) is 18.6. The summed E-state index contributed by atoms with van der Waals surface area (Å²) < 4.78 is 1.99. The predicted molar refractivity (Wildman–Crippen MR) is 123 cm³/mol. The second-order valence-corrected chi connectivity index (χ2v) is 9.19. The lowest BCUT2D eigenvalue weighted by Gasteiger charge is -2.19. The second kappa shape index (κ2) is 9.43. The van der Waals surface area contributed by atoms with E-state index in [0.717, 1.165) is 43.5 Å². The van der Waals surface area contributed by atoms with Crippen LogP contribution < -0.4 is 10.6 Å². The molecule has 6 nitrogen and oxygen atoms in total. The van der Waals surface area contributed by atoms with Crippen LogP contribution >= 0.6 is 11.3 Å². The molecular formula is C23H30N6S. The van der Waals surface area contributed by atoms with E-state index in [9.17, 15) is 0 Å². The van der Waals surface area contributed by atoms with Gasteiger partial charge in [0.25, 0.3) is 0 Å². The molecule has 1 aliphatic carbocycles. The first kappa shape index (κ1) is 20.6. The number of hydrogen-bond donors (Lipinski definition) is 2. The number of rotatable bonds is 9. The lowest BCUT2D eigenvalue weighted by atomic mass is 9.96. The highest BCUT2D eigenvalue weighted by Gasteiger charge is 2.42. The van der Waals surface area contributed by atoms with E-state index in [1.54, 1.807) is 11.3 Å². The normalized spacial score (nSPS) is 15.2. The number of hydrogen-bond acceptors (Lipinski definition) is 4. The summed E-state index contributed by atoms with van der Waals surface area (Å²) in [6, 6.07) is 15.1. The fourth-order valence-corrected chi connectivity index (χ4v) is 4.27. The summed E-state index contributed by atoms with van der Waals surface area (Å²) in [6.45, 7) is 4.26. The summed E-state index contributed by atoms with van der Waals surface area (Å²) in [7, 11) is 1.98. The van der Waals surface area contributed by atoms with Gasteiger partial charge in [-0.1, -0.05) is 36.4 Å². The molecule has 1 aliphatic rings. The highest BCUT2D eigenvalue weighted by atomic mass is 32.1. The van der Waals surface area contributed by atoms with Crippen molar-refractivity contribution in [2.75, 3.05) is 13.1 Å². The molecule has 2 N–H and O–H groups in total. The molecule has 30 heavy (non-hydrogen) atoms. The minimum absolute atomic E-state index is 0.346. The van der Waals surface area contributed by atoms with Gasteiger partial charge in [-0.3, -0.25) is 0 Å². The summed E-state index contributed by atoms with van der Waals surface area (Å²) in [5, 5.41) is 17.6. The Morgan fingerprint density at radius 1 is 1.13 bits per heavy atom. The Morgan fingerprint density at radius 3 is 2.63 bits per heavy atom. The monoisotopic (exact) mass is 422 g/mol. The van der Waals surface area contributed by atoms with Crippen molar-refractivity contribution in [2.45, 2.75) is 39.2 Å². The minimum Gasteiger partial charge on any atom is -0.356 e. The molecule has 1 aromatic carbocycles. The molecule has 7 heteroatoms. The van der Waals surface area contributed by atoms with Gasteiger partial charge in [-0.05, 0) is 55.0 Å². The van der Waals surface area contributed by atoms with Gasteiger partial charge in [0, 0.05) is 25.0 Å². The Morgan fingerprint density at radius 2 is 1.97 bits per heavy atom. The van der Waals surface area contributed by atoms with Gasteiger partial charge in [-0.15, -0.1) is 21.5 Å². The molecule has 158 valence electrons. The van der Waals surface area contributed by atoms with Crippen LogP contribution in [-0.2, 0) is 26.4 Å². The van der Waals surface area contributed by atoms with Gasteiger partial charge in [0.05, 0.1) is 0 Å². The zero-order chi connectivity index (χ0) is 20.8. The summed E-state index contributed by atoms with van der Waals surface area (Å²) in [6.07, 6.45) is 4.64. The van der Waals surface area contributed by atoms with Crippen molar-refractivity contribution in [3.8, 4) is 0 Å². The first-order valence-corrected chi connectivity index (χ1v) is 11.4. The third-order valence-electron chi connectivity index (χ3n) is 5.82. The maximum Gasteiger partial charge on any atom is 0.191 e. The van der Waals surface area contributed by atoms with Crippen LogP contribution in [0.15, 0.2) is 52.8 Å². The van der Waals surface area contributed by atoms with Gasteiger partial charge >= 0.3 is 0 Å². The van der Waals surface area contributed by atoms with Gasteiger partial charge in [-0.2, -0.15) is 0 Å². The van der Waals surface area contributed by atoms with Crippen molar-refractivity contribution in [1.29, 1.82) is 0 Å². The third kappa shape index (κ3) is 5.48. The Kier molecular flexibility index (Phi) is 6.47. The number of nitrogens with one attached hydrogen (secondary N) is 2. The topological polar surface area (TPSA) is 67.1 Å². The Bertz CT molecular complexity index is 957. The predicted octanol–water partition coefficient (Wildman–Crippen LogP) is 3.49. The fraction of sp³-hybridized carbons (Fsp3) is 0.435. The van der Waals surface area contributed by atoms with E-state index in [4.69, 9.17) is 4.99 Å². The Labute approximate surface area is 182 Å². The van der Waals surface area contributed by atoms with E-state index < -0.39 is 0 Å². The number of nitrogens with zero attached hydrogens (tertiary/aromatic N) is 4. The minimum atomic E-state index is 0.346. The maximum absolute atomic E-state index is 4.80. The third-order valence-corrected chi connectivity index (χ3v) is 6.75. The van der Waals surface area contributed by atoms with Gasteiger partial charge in [0.2, 0.25) is 0 Å². The van der Waals surface area contributed by atoms with Crippen LogP contribution in [0, 0.1) is 12.3 Å². The molecular weight excluding hydrogens is 392 g/mol. The van der Waals surface area contributed by atoms with Crippen LogP contribution in [0.2, 0.25) is 0 Å². The summed E-state index contributed by atoms with van der Waals surface area (Å²) in [4.78, 5) is 6.18. The van der Waals surface area contributed by atoms with Crippen LogP contribution in [-0.4, -0.2) is 33.8 Å². The molecule has 0 spiro atoms. The molecule has 0 aliphatic heterocycles. The van der Waals surface area contributed by atoms with Crippen LogP contribution in [0.5, 0.6) is 0 Å². The Balaban J connectivity index is 1.37. The number of aliphatic imine (C=N–C) groups is 1. The maximum atomic E-state index is 4.80. The van der Waals surface area contributed by atoms with Gasteiger partial charge in [-0.25, -0.2) is 4.99 Å². The molecule has 2 aromatic heterocycles. The average molecular weight is 423 g/mol. The molecule has 2 heterocycles. The largest absolute Gasteiger partial charge is 0.356 e. The molecule has 1 saturated carbocycles. The highest BCUT2D eigenvalue weighted by Crippen LogP contribution is 2.47. The van der Waals surface area contributed by atoms with Crippen molar-refractivity contribution in [3.63, 3.8) is 0 Å². The van der Waals surface area contributed by atoms with Crippen LogP contribution in [0.25, 0.3) is 0 Å². The van der Waals surface area contributed by atoms with E-state index in [0.29, 0.717) is 12.0 Å². The summed E-state index contributed by atoms with van der Waals surface area (Å²) in [5.41, 5.74) is 1.76. The molecule has 0 atom stereocenters. The van der Waals surface area contributed by atoms with Gasteiger partial charge < -0.3 is 15.2 Å². The smallest absolute Gasteiger partial charge is 0.191 e. The summed E-state index contributed by atoms with van der Waals surface area (Å²) >= 11 is 1.80. The molecule has 1 fully saturated rings. The van der Waals surface area contributed by atoms with Crippen LogP contribution in [0.1, 0.15) is 34.9 Å². The van der Waals surface area contributed by atoms with Crippen molar-refractivity contribution in [3.05, 3.63) is 69.9 Å². The average Bonchev–Trinajstić information content (AvgIpc) is 3.16. The number of thiophene rings is 1. The zero-order valence-electron chi connectivity index (χ0n) is 17.8.